The monoisotopic (exact) mass is 183 g/mol. The molecule has 1 heterocycles. The molecule has 3 nitrogen and oxygen atoms in total. The molecule has 0 aromatic rings. The van der Waals surface area contributed by atoms with E-state index in [4.69, 9.17) is 10.1 Å². The van der Waals surface area contributed by atoms with Crippen LogP contribution >= 0.6 is 0 Å². The van der Waals surface area contributed by atoms with Gasteiger partial charge in [0.2, 0.25) is 0 Å². The molecule has 2 N–H and O–H groups in total. The van der Waals surface area contributed by atoms with Gasteiger partial charge in [0.1, 0.15) is 0 Å². The van der Waals surface area contributed by atoms with Crippen molar-refractivity contribution in [2.45, 2.75) is 32.3 Å². The standard InChI is InChI=1S/C10H17NO2/c1-7-9(8(11)2-5-13-7)10(6-12)3-4-10/h7,9,11-12H,2-6H2,1H3. The van der Waals surface area contributed by atoms with Crippen LogP contribution in [-0.4, -0.2) is 30.1 Å². The number of rotatable bonds is 2. The van der Waals surface area contributed by atoms with Crippen molar-refractivity contribution in [3.63, 3.8) is 0 Å². The first-order valence-electron chi connectivity index (χ1n) is 4.99. The summed E-state index contributed by atoms with van der Waals surface area (Å²) in [6, 6.07) is 0. The van der Waals surface area contributed by atoms with Gasteiger partial charge in [-0.2, -0.15) is 0 Å². The summed E-state index contributed by atoms with van der Waals surface area (Å²) in [7, 11) is 0. The molecule has 2 fully saturated rings. The third kappa shape index (κ3) is 1.40. The molecule has 3 heteroatoms. The number of aliphatic hydroxyl groups is 1. The van der Waals surface area contributed by atoms with E-state index in [9.17, 15) is 5.11 Å². The van der Waals surface area contributed by atoms with Gasteiger partial charge in [0.15, 0.2) is 0 Å². The van der Waals surface area contributed by atoms with Crippen LogP contribution in [0.1, 0.15) is 26.2 Å². The first-order valence-corrected chi connectivity index (χ1v) is 4.99. The zero-order valence-corrected chi connectivity index (χ0v) is 8.05. The highest BCUT2D eigenvalue weighted by Crippen LogP contribution is 2.54. The van der Waals surface area contributed by atoms with E-state index in [2.05, 4.69) is 0 Å². The van der Waals surface area contributed by atoms with Crippen molar-refractivity contribution in [2.24, 2.45) is 11.3 Å². The van der Waals surface area contributed by atoms with E-state index >= 15 is 0 Å². The van der Waals surface area contributed by atoms with Crippen LogP contribution in [0.4, 0.5) is 0 Å². The Balaban J connectivity index is 2.14. The Morgan fingerprint density at radius 3 is 2.77 bits per heavy atom. The van der Waals surface area contributed by atoms with E-state index in [1.54, 1.807) is 0 Å². The van der Waals surface area contributed by atoms with Gasteiger partial charge in [-0.05, 0) is 19.8 Å². The number of hydrogen-bond donors (Lipinski definition) is 2. The van der Waals surface area contributed by atoms with Crippen LogP contribution in [-0.2, 0) is 4.74 Å². The molecule has 0 amide bonds. The molecule has 0 aromatic heterocycles. The van der Waals surface area contributed by atoms with Crippen LogP contribution in [0.5, 0.6) is 0 Å². The van der Waals surface area contributed by atoms with E-state index in [1.807, 2.05) is 6.92 Å². The predicted molar refractivity (Wildman–Crippen MR) is 50.0 cm³/mol. The molecule has 2 rings (SSSR count). The highest BCUT2D eigenvalue weighted by atomic mass is 16.5. The van der Waals surface area contributed by atoms with Crippen molar-refractivity contribution < 1.29 is 9.84 Å². The van der Waals surface area contributed by atoms with Crippen LogP contribution in [0.3, 0.4) is 0 Å². The molecular formula is C10H17NO2. The van der Waals surface area contributed by atoms with Gasteiger partial charge in [-0.15, -0.1) is 0 Å². The molecule has 1 saturated heterocycles. The lowest BCUT2D eigenvalue weighted by Crippen LogP contribution is -2.41. The topological polar surface area (TPSA) is 53.3 Å². The number of aliphatic hydroxyl groups excluding tert-OH is 1. The summed E-state index contributed by atoms with van der Waals surface area (Å²) in [5, 5.41) is 17.2. The van der Waals surface area contributed by atoms with Gasteiger partial charge in [0.05, 0.1) is 12.7 Å². The van der Waals surface area contributed by atoms with E-state index < -0.39 is 0 Å². The van der Waals surface area contributed by atoms with Crippen molar-refractivity contribution in [3.8, 4) is 0 Å². The van der Waals surface area contributed by atoms with Crippen LogP contribution in [0.25, 0.3) is 0 Å². The van der Waals surface area contributed by atoms with E-state index in [1.165, 1.54) is 0 Å². The maximum absolute atomic E-state index is 9.29. The zero-order valence-electron chi connectivity index (χ0n) is 8.05. The number of hydrogen-bond acceptors (Lipinski definition) is 3. The Kier molecular flexibility index (Phi) is 2.16. The van der Waals surface area contributed by atoms with E-state index in [0.717, 1.165) is 25.0 Å². The van der Waals surface area contributed by atoms with E-state index in [0.29, 0.717) is 6.61 Å². The SMILES string of the molecule is CC1OCCC(=N)C1C1(CO)CC1. The fourth-order valence-corrected chi connectivity index (χ4v) is 2.49. The van der Waals surface area contributed by atoms with Gasteiger partial charge < -0.3 is 15.3 Å². The summed E-state index contributed by atoms with van der Waals surface area (Å²) in [6.07, 6.45) is 2.99. The fraction of sp³-hybridized carbons (Fsp3) is 0.900. The lowest BCUT2D eigenvalue weighted by molar-refractivity contribution is -0.00247. The smallest absolute Gasteiger partial charge is 0.0633 e. The second-order valence-corrected chi connectivity index (χ2v) is 4.35. The highest BCUT2D eigenvalue weighted by Gasteiger charge is 2.53. The minimum absolute atomic E-state index is 0.0108. The largest absolute Gasteiger partial charge is 0.396 e. The van der Waals surface area contributed by atoms with Crippen LogP contribution in [0, 0.1) is 16.7 Å². The fourth-order valence-electron chi connectivity index (χ4n) is 2.49. The van der Waals surface area contributed by atoms with Crippen molar-refractivity contribution in [2.75, 3.05) is 13.2 Å². The number of ether oxygens (including phenoxy) is 1. The minimum Gasteiger partial charge on any atom is -0.396 e. The van der Waals surface area contributed by atoms with Gasteiger partial charge in [0, 0.05) is 30.1 Å². The van der Waals surface area contributed by atoms with Gasteiger partial charge in [-0.1, -0.05) is 0 Å². The summed E-state index contributed by atoms with van der Waals surface area (Å²) >= 11 is 0. The van der Waals surface area contributed by atoms with Gasteiger partial charge in [-0.25, -0.2) is 0 Å². The Morgan fingerprint density at radius 1 is 1.62 bits per heavy atom. The molecule has 1 aliphatic heterocycles. The van der Waals surface area contributed by atoms with Crippen LogP contribution in [0.15, 0.2) is 0 Å². The number of nitrogens with one attached hydrogen (secondary N) is 1. The molecule has 13 heavy (non-hydrogen) atoms. The Hall–Kier alpha value is -0.410. The normalized spacial score (nSPS) is 37.5. The van der Waals surface area contributed by atoms with Crippen molar-refractivity contribution in [1.82, 2.24) is 0 Å². The first kappa shape index (κ1) is 9.16. The Bertz CT molecular complexity index is 223. The summed E-state index contributed by atoms with van der Waals surface area (Å²) in [5.74, 6) is 0.172. The van der Waals surface area contributed by atoms with E-state index in [-0.39, 0.29) is 24.0 Å². The third-order valence-corrected chi connectivity index (χ3v) is 3.46. The molecule has 0 aromatic carbocycles. The maximum Gasteiger partial charge on any atom is 0.0633 e. The molecule has 2 atom stereocenters. The molecule has 2 unspecified atom stereocenters. The summed E-state index contributed by atoms with van der Waals surface area (Å²) < 4.78 is 5.54. The van der Waals surface area contributed by atoms with Crippen LogP contribution in [0.2, 0.25) is 0 Å². The molecule has 0 radical (unpaired) electrons. The molecule has 2 aliphatic rings. The minimum atomic E-state index is 0.0108. The van der Waals surface area contributed by atoms with Crippen molar-refractivity contribution in [1.29, 1.82) is 5.41 Å². The second-order valence-electron chi connectivity index (χ2n) is 4.35. The van der Waals surface area contributed by atoms with Crippen molar-refractivity contribution in [3.05, 3.63) is 0 Å². The average Bonchev–Trinajstić information content (AvgIpc) is 2.85. The maximum atomic E-state index is 9.29. The molecular weight excluding hydrogens is 166 g/mol. The Morgan fingerprint density at radius 2 is 2.31 bits per heavy atom. The van der Waals surface area contributed by atoms with Gasteiger partial charge in [-0.3, -0.25) is 0 Å². The summed E-state index contributed by atoms with van der Waals surface area (Å²) in [6.45, 7) is 2.92. The Labute approximate surface area is 78.6 Å². The molecule has 1 saturated carbocycles. The molecule has 74 valence electrons. The average molecular weight is 183 g/mol. The quantitative estimate of drug-likeness (QED) is 0.676. The summed E-state index contributed by atoms with van der Waals surface area (Å²) in [4.78, 5) is 0. The van der Waals surface area contributed by atoms with Gasteiger partial charge >= 0.3 is 0 Å². The highest BCUT2D eigenvalue weighted by molar-refractivity contribution is 5.86. The zero-order chi connectivity index (χ0) is 9.47. The lowest BCUT2D eigenvalue weighted by atomic mass is 9.79. The van der Waals surface area contributed by atoms with Gasteiger partial charge in [0.25, 0.3) is 0 Å². The second kappa shape index (κ2) is 3.07. The van der Waals surface area contributed by atoms with Crippen molar-refractivity contribution >= 4 is 5.71 Å². The lowest BCUT2D eigenvalue weighted by Gasteiger charge is -2.35. The molecule has 0 spiro atoms. The first-order chi connectivity index (χ1) is 6.19. The summed E-state index contributed by atoms with van der Waals surface area (Å²) in [5.41, 5.74) is 0.794. The van der Waals surface area contributed by atoms with Crippen LogP contribution < -0.4 is 0 Å². The molecule has 0 bridgehead atoms. The third-order valence-electron chi connectivity index (χ3n) is 3.46. The molecule has 1 aliphatic carbocycles. The predicted octanol–water partition coefficient (Wildman–Crippen LogP) is 1.20.